The summed E-state index contributed by atoms with van der Waals surface area (Å²) >= 11 is 0. The second kappa shape index (κ2) is 10.2. The molecule has 2 N–H and O–H groups in total. The summed E-state index contributed by atoms with van der Waals surface area (Å²) in [5, 5.41) is 5.54. The number of piperazine rings is 1. The summed E-state index contributed by atoms with van der Waals surface area (Å²) < 4.78 is 19.1. The van der Waals surface area contributed by atoms with E-state index in [1.165, 1.54) is 19.2 Å². The number of ether oxygens (including phenoxy) is 1. The zero-order valence-corrected chi connectivity index (χ0v) is 17.3. The van der Waals surface area contributed by atoms with Crippen LogP contribution in [0.25, 0.3) is 0 Å². The number of carbonyl (C=O) groups excluding carboxylic acids is 2. The van der Waals surface area contributed by atoms with Crippen molar-refractivity contribution in [2.24, 2.45) is 0 Å². The maximum atomic E-state index is 14.2. The molecule has 7 nitrogen and oxygen atoms in total. The maximum absolute atomic E-state index is 14.2. The normalized spacial score (nSPS) is 14.9. The van der Waals surface area contributed by atoms with Crippen LogP contribution in [0.3, 0.4) is 0 Å². The third kappa shape index (κ3) is 5.55. The highest BCUT2D eigenvalue weighted by atomic mass is 19.1. The van der Waals surface area contributed by atoms with Crippen LogP contribution in [-0.2, 0) is 0 Å². The first kappa shape index (κ1) is 21.7. The predicted molar refractivity (Wildman–Crippen MR) is 114 cm³/mol. The molecule has 2 aromatic carbocycles. The molecule has 0 radical (unpaired) electrons. The van der Waals surface area contributed by atoms with Gasteiger partial charge >= 0.3 is 0 Å². The van der Waals surface area contributed by atoms with Crippen LogP contribution in [0, 0.1) is 5.82 Å². The molecule has 0 spiro atoms. The van der Waals surface area contributed by atoms with E-state index >= 15 is 0 Å². The molecule has 1 heterocycles. The number of amides is 2. The van der Waals surface area contributed by atoms with Crippen molar-refractivity contribution >= 4 is 17.5 Å². The fourth-order valence-electron chi connectivity index (χ4n) is 3.28. The molecule has 0 bridgehead atoms. The van der Waals surface area contributed by atoms with E-state index in [0.29, 0.717) is 23.5 Å². The number of para-hydroxylation sites is 1. The van der Waals surface area contributed by atoms with E-state index in [9.17, 15) is 14.0 Å². The summed E-state index contributed by atoms with van der Waals surface area (Å²) in [6.45, 7) is 5.28. The standard InChI is InChI=1S/C22H27FN4O3/c1-26-11-13-27(14-12-26)10-9-24-21(28)18-5-3-4-6-20(18)25-22(29)17-8-7-16(30-2)15-19(17)23/h3-8,15H,9-14H2,1-2H3,(H,24,28)(H,25,29). The van der Waals surface area contributed by atoms with E-state index in [0.717, 1.165) is 38.8 Å². The van der Waals surface area contributed by atoms with Gasteiger partial charge in [0.1, 0.15) is 11.6 Å². The molecule has 2 aromatic rings. The van der Waals surface area contributed by atoms with E-state index in [1.807, 2.05) is 0 Å². The lowest BCUT2D eigenvalue weighted by Gasteiger charge is -2.32. The number of halogens is 1. The van der Waals surface area contributed by atoms with Gasteiger partial charge in [-0.2, -0.15) is 0 Å². The van der Waals surface area contributed by atoms with Gasteiger partial charge in [-0.05, 0) is 31.3 Å². The Morgan fingerprint density at radius 1 is 1.03 bits per heavy atom. The SMILES string of the molecule is COc1ccc(C(=O)Nc2ccccc2C(=O)NCCN2CCN(C)CC2)c(F)c1. The van der Waals surface area contributed by atoms with Crippen LogP contribution in [0.15, 0.2) is 42.5 Å². The molecule has 160 valence electrons. The average molecular weight is 414 g/mol. The van der Waals surface area contributed by atoms with Crippen molar-refractivity contribution in [3.05, 3.63) is 59.4 Å². The Morgan fingerprint density at radius 2 is 1.77 bits per heavy atom. The van der Waals surface area contributed by atoms with E-state index < -0.39 is 11.7 Å². The smallest absolute Gasteiger partial charge is 0.258 e. The lowest BCUT2D eigenvalue weighted by molar-refractivity contribution is 0.0942. The van der Waals surface area contributed by atoms with Gasteiger partial charge < -0.3 is 20.3 Å². The van der Waals surface area contributed by atoms with Gasteiger partial charge in [0.2, 0.25) is 0 Å². The Labute approximate surface area is 175 Å². The third-order valence-corrected chi connectivity index (χ3v) is 5.15. The molecular weight excluding hydrogens is 387 g/mol. The van der Waals surface area contributed by atoms with Crippen LogP contribution >= 0.6 is 0 Å². The monoisotopic (exact) mass is 414 g/mol. The largest absolute Gasteiger partial charge is 0.497 e. The first-order valence-corrected chi connectivity index (χ1v) is 9.91. The molecule has 0 aliphatic carbocycles. The van der Waals surface area contributed by atoms with Crippen LogP contribution in [0.4, 0.5) is 10.1 Å². The summed E-state index contributed by atoms with van der Waals surface area (Å²) in [6, 6.07) is 10.7. The third-order valence-electron chi connectivity index (χ3n) is 5.15. The Hall–Kier alpha value is -2.97. The number of benzene rings is 2. The van der Waals surface area contributed by atoms with Crippen molar-refractivity contribution < 1.29 is 18.7 Å². The van der Waals surface area contributed by atoms with Crippen LogP contribution in [0.2, 0.25) is 0 Å². The second-order valence-electron chi connectivity index (χ2n) is 7.25. The lowest BCUT2D eigenvalue weighted by atomic mass is 10.1. The number of carbonyl (C=O) groups is 2. The molecular formula is C22H27FN4O3. The van der Waals surface area contributed by atoms with Crippen LogP contribution in [0.1, 0.15) is 20.7 Å². The molecule has 0 saturated carbocycles. The Morgan fingerprint density at radius 3 is 2.47 bits per heavy atom. The molecule has 8 heteroatoms. The number of anilines is 1. The molecule has 1 aliphatic rings. The summed E-state index contributed by atoms with van der Waals surface area (Å²) in [6.07, 6.45) is 0. The maximum Gasteiger partial charge on any atom is 0.258 e. The van der Waals surface area contributed by atoms with Gasteiger partial charge in [-0.25, -0.2) is 4.39 Å². The number of nitrogens with zero attached hydrogens (tertiary/aromatic N) is 2. The van der Waals surface area contributed by atoms with Gasteiger partial charge in [0.05, 0.1) is 23.9 Å². The first-order chi connectivity index (χ1) is 14.5. The van der Waals surface area contributed by atoms with Crippen molar-refractivity contribution in [2.75, 3.05) is 58.7 Å². The van der Waals surface area contributed by atoms with Gasteiger partial charge in [0, 0.05) is 45.3 Å². The van der Waals surface area contributed by atoms with E-state index in [-0.39, 0.29) is 11.5 Å². The number of nitrogens with one attached hydrogen (secondary N) is 2. The Balaban J connectivity index is 1.61. The number of rotatable bonds is 7. The molecule has 0 unspecified atom stereocenters. The number of likely N-dealkylation sites (N-methyl/N-ethyl adjacent to an activating group) is 1. The highest BCUT2D eigenvalue weighted by molar-refractivity contribution is 6.09. The lowest BCUT2D eigenvalue weighted by Crippen LogP contribution is -2.46. The average Bonchev–Trinajstić information content (AvgIpc) is 2.75. The van der Waals surface area contributed by atoms with Crippen LogP contribution in [0.5, 0.6) is 5.75 Å². The zero-order chi connectivity index (χ0) is 21.5. The molecule has 1 aliphatic heterocycles. The number of hydrogen-bond donors (Lipinski definition) is 2. The fourth-order valence-corrected chi connectivity index (χ4v) is 3.28. The van der Waals surface area contributed by atoms with Gasteiger partial charge in [0.25, 0.3) is 11.8 Å². The van der Waals surface area contributed by atoms with Crippen LogP contribution in [-0.4, -0.2) is 75.0 Å². The van der Waals surface area contributed by atoms with Gasteiger partial charge in [-0.1, -0.05) is 12.1 Å². The quantitative estimate of drug-likeness (QED) is 0.726. The van der Waals surface area contributed by atoms with E-state index in [2.05, 4.69) is 27.5 Å². The molecule has 3 rings (SSSR count). The van der Waals surface area contributed by atoms with E-state index in [1.54, 1.807) is 24.3 Å². The van der Waals surface area contributed by atoms with Crippen molar-refractivity contribution in [1.82, 2.24) is 15.1 Å². The number of hydrogen-bond acceptors (Lipinski definition) is 5. The minimum absolute atomic E-state index is 0.124. The molecule has 1 saturated heterocycles. The minimum Gasteiger partial charge on any atom is -0.497 e. The Bertz CT molecular complexity index is 898. The zero-order valence-electron chi connectivity index (χ0n) is 17.3. The molecule has 1 fully saturated rings. The van der Waals surface area contributed by atoms with Crippen molar-refractivity contribution in [2.45, 2.75) is 0 Å². The fraction of sp³-hybridized carbons (Fsp3) is 0.364. The summed E-state index contributed by atoms with van der Waals surface area (Å²) in [5.41, 5.74) is 0.536. The molecule has 0 atom stereocenters. The predicted octanol–water partition coefficient (Wildman–Crippen LogP) is 2.06. The van der Waals surface area contributed by atoms with Gasteiger partial charge in [-0.15, -0.1) is 0 Å². The van der Waals surface area contributed by atoms with Crippen molar-refractivity contribution in [3.8, 4) is 5.75 Å². The highest BCUT2D eigenvalue weighted by Crippen LogP contribution is 2.20. The van der Waals surface area contributed by atoms with E-state index in [4.69, 9.17) is 4.74 Å². The molecule has 30 heavy (non-hydrogen) atoms. The van der Waals surface area contributed by atoms with Crippen molar-refractivity contribution in [1.29, 1.82) is 0 Å². The highest BCUT2D eigenvalue weighted by Gasteiger charge is 2.18. The topological polar surface area (TPSA) is 73.9 Å². The van der Waals surface area contributed by atoms with Crippen molar-refractivity contribution in [3.63, 3.8) is 0 Å². The van der Waals surface area contributed by atoms with Gasteiger partial charge in [0.15, 0.2) is 0 Å². The molecule has 0 aromatic heterocycles. The summed E-state index contributed by atoms with van der Waals surface area (Å²) in [7, 11) is 3.52. The van der Waals surface area contributed by atoms with Crippen LogP contribution < -0.4 is 15.4 Å². The second-order valence-corrected chi connectivity index (χ2v) is 7.25. The first-order valence-electron chi connectivity index (χ1n) is 9.91. The minimum atomic E-state index is -0.694. The summed E-state index contributed by atoms with van der Waals surface area (Å²) in [4.78, 5) is 29.8. The van der Waals surface area contributed by atoms with Gasteiger partial charge in [-0.3, -0.25) is 14.5 Å². The summed E-state index contributed by atoms with van der Waals surface area (Å²) in [5.74, 6) is -1.28. The molecule has 2 amide bonds. The Kier molecular flexibility index (Phi) is 7.37. The number of methoxy groups -OCH3 is 1.